The minimum atomic E-state index is 0.297. The van der Waals surface area contributed by atoms with Crippen LogP contribution in [-0.4, -0.2) is 5.78 Å². The molecule has 1 saturated carbocycles. The van der Waals surface area contributed by atoms with Crippen LogP contribution in [0, 0.1) is 17.3 Å². The van der Waals surface area contributed by atoms with Crippen LogP contribution in [-0.2, 0) is 4.79 Å². The van der Waals surface area contributed by atoms with Crippen molar-refractivity contribution >= 4 is 5.78 Å². The van der Waals surface area contributed by atoms with Crippen molar-refractivity contribution < 1.29 is 4.79 Å². The van der Waals surface area contributed by atoms with Crippen molar-refractivity contribution in [3.63, 3.8) is 0 Å². The summed E-state index contributed by atoms with van der Waals surface area (Å²) in [6, 6.07) is 0. The van der Waals surface area contributed by atoms with Gasteiger partial charge in [0.1, 0.15) is 0 Å². The molecule has 1 nitrogen and oxygen atoms in total. The third kappa shape index (κ3) is 0.741. The molecule has 0 aromatic carbocycles. The summed E-state index contributed by atoms with van der Waals surface area (Å²) in [4.78, 5) is 11.5. The molecule has 2 rings (SSSR count). The van der Waals surface area contributed by atoms with E-state index in [0.717, 1.165) is 12.0 Å². The Balaban J connectivity index is 2.29. The highest BCUT2D eigenvalue weighted by Gasteiger charge is 2.61. The molecule has 0 N–H and O–H groups in total. The van der Waals surface area contributed by atoms with Crippen LogP contribution in [0.3, 0.4) is 0 Å². The first-order chi connectivity index (χ1) is 5.05. The largest absolute Gasteiger partial charge is 0.294 e. The molecule has 0 saturated heterocycles. The van der Waals surface area contributed by atoms with E-state index in [0.29, 0.717) is 23.0 Å². The fourth-order valence-corrected chi connectivity index (χ4v) is 2.35. The summed E-state index contributed by atoms with van der Waals surface area (Å²) < 4.78 is 0. The summed E-state index contributed by atoms with van der Waals surface area (Å²) in [5.41, 5.74) is 1.28. The third-order valence-electron chi connectivity index (χ3n) is 3.40. The highest BCUT2D eigenvalue weighted by molar-refractivity contribution is 6.00. The van der Waals surface area contributed by atoms with E-state index in [1.165, 1.54) is 0 Å². The zero-order valence-electron chi connectivity index (χ0n) is 7.35. The first-order valence-corrected chi connectivity index (χ1v) is 4.26. The number of carbonyl (C=O) groups excluding carboxylic acids is 1. The summed E-state index contributed by atoms with van der Waals surface area (Å²) in [7, 11) is 0. The summed E-state index contributed by atoms with van der Waals surface area (Å²) >= 11 is 0. The van der Waals surface area contributed by atoms with Crippen molar-refractivity contribution in [2.24, 2.45) is 17.3 Å². The molecule has 60 valence electrons. The molecule has 0 aliphatic heterocycles. The third-order valence-corrected chi connectivity index (χ3v) is 3.40. The first-order valence-electron chi connectivity index (χ1n) is 4.26. The van der Waals surface area contributed by atoms with Gasteiger partial charge >= 0.3 is 0 Å². The summed E-state index contributed by atoms with van der Waals surface area (Å²) in [5.74, 6) is 1.40. The second-order valence-electron chi connectivity index (χ2n) is 4.39. The van der Waals surface area contributed by atoms with Crippen molar-refractivity contribution in [2.45, 2.75) is 27.2 Å². The highest BCUT2D eigenvalue weighted by Crippen LogP contribution is 2.62. The normalized spacial score (nSPS) is 39.5. The zero-order valence-corrected chi connectivity index (χ0v) is 7.35. The Morgan fingerprint density at radius 3 is 2.73 bits per heavy atom. The molecule has 1 fully saturated rings. The van der Waals surface area contributed by atoms with Gasteiger partial charge in [0.25, 0.3) is 0 Å². The van der Waals surface area contributed by atoms with Crippen LogP contribution in [0.15, 0.2) is 11.6 Å². The topological polar surface area (TPSA) is 17.1 Å². The molecule has 0 spiro atoms. The fraction of sp³-hybridized carbons (Fsp3) is 0.700. The molecule has 2 atom stereocenters. The Labute approximate surface area is 67.5 Å². The molecule has 0 heterocycles. The van der Waals surface area contributed by atoms with E-state index in [2.05, 4.69) is 19.9 Å². The maximum absolute atomic E-state index is 11.5. The lowest BCUT2D eigenvalue weighted by Crippen LogP contribution is -2.09. The summed E-state index contributed by atoms with van der Waals surface area (Å²) in [5, 5.41) is 0. The lowest BCUT2D eigenvalue weighted by molar-refractivity contribution is -0.117. The zero-order chi connectivity index (χ0) is 8.22. The molecular weight excluding hydrogens is 136 g/mol. The van der Waals surface area contributed by atoms with Gasteiger partial charge in [-0.3, -0.25) is 4.79 Å². The van der Waals surface area contributed by atoms with Gasteiger partial charge in [0, 0.05) is 5.92 Å². The van der Waals surface area contributed by atoms with Gasteiger partial charge in [0.2, 0.25) is 0 Å². The van der Waals surface area contributed by atoms with Gasteiger partial charge in [-0.15, -0.1) is 0 Å². The van der Waals surface area contributed by atoms with Crippen LogP contribution in [0.1, 0.15) is 27.2 Å². The number of ketones is 1. The van der Waals surface area contributed by atoms with E-state index in [9.17, 15) is 4.79 Å². The Hall–Kier alpha value is -0.590. The predicted molar refractivity (Wildman–Crippen MR) is 44.1 cm³/mol. The number of hydrogen-bond donors (Lipinski definition) is 0. The molecule has 1 heteroatoms. The number of Topliss-reactive ketones (excluding diaryl/α,β-unsaturated/α-hetero) is 1. The van der Waals surface area contributed by atoms with Crippen LogP contribution in [0.25, 0.3) is 0 Å². The van der Waals surface area contributed by atoms with Gasteiger partial charge in [-0.2, -0.15) is 0 Å². The second kappa shape index (κ2) is 1.77. The molecule has 0 aromatic rings. The number of allylic oxidation sites excluding steroid dienone is 2. The van der Waals surface area contributed by atoms with E-state index in [-0.39, 0.29) is 0 Å². The van der Waals surface area contributed by atoms with Gasteiger partial charge in [0.05, 0.1) is 0 Å². The molecule has 11 heavy (non-hydrogen) atoms. The van der Waals surface area contributed by atoms with Crippen molar-refractivity contribution in [1.82, 2.24) is 0 Å². The number of hydrogen-bond acceptors (Lipinski definition) is 1. The van der Waals surface area contributed by atoms with E-state index in [1.54, 1.807) is 0 Å². The molecule has 0 amide bonds. The van der Waals surface area contributed by atoms with Crippen LogP contribution in [0.5, 0.6) is 0 Å². The fourth-order valence-electron chi connectivity index (χ4n) is 2.35. The molecule has 0 bridgehead atoms. The van der Waals surface area contributed by atoms with Gasteiger partial charge in [-0.05, 0) is 30.3 Å². The SMILES string of the molecule is CC1=CCC2C(C1=O)C2(C)C. The average Bonchev–Trinajstić information content (AvgIpc) is 2.46. The summed E-state index contributed by atoms with van der Waals surface area (Å²) in [6.07, 6.45) is 3.22. The number of rotatable bonds is 0. The average molecular weight is 150 g/mol. The lowest BCUT2D eigenvalue weighted by atomic mass is 9.99. The minimum Gasteiger partial charge on any atom is -0.294 e. The van der Waals surface area contributed by atoms with Crippen molar-refractivity contribution in [2.75, 3.05) is 0 Å². The maximum atomic E-state index is 11.5. The van der Waals surface area contributed by atoms with Gasteiger partial charge < -0.3 is 0 Å². The van der Waals surface area contributed by atoms with Crippen LogP contribution < -0.4 is 0 Å². The van der Waals surface area contributed by atoms with E-state index >= 15 is 0 Å². The van der Waals surface area contributed by atoms with E-state index in [1.807, 2.05) is 6.92 Å². The standard InChI is InChI=1S/C10H14O/c1-6-4-5-7-8(9(6)11)10(7,2)3/h4,7-8H,5H2,1-3H3. The number of fused-ring (bicyclic) bond motifs is 1. The van der Waals surface area contributed by atoms with Crippen molar-refractivity contribution in [1.29, 1.82) is 0 Å². The highest BCUT2D eigenvalue weighted by atomic mass is 16.1. The predicted octanol–water partition coefficient (Wildman–Crippen LogP) is 2.18. The van der Waals surface area contributed by atoms with Crippen molar-refractivity contribution in [3.8, 4) is 0 Å². The lowest BCUT2D eigenvalue weighted by Gasteiger charge is -2.04. The molecule has 0 aromatic heterocycles. The summed E-state index contributed by atoms with van der Waals surface area (Å²) in [6.45, 7) is 6.34. The van der Waals surface area contributed by atoms with Crippen LogP contribution in [0.2, 0.25) is 0 Å². The van der Waals surface area contributed by atoms with Crippen LogP contribution >= 0.6 is 0 Å². The molecular formula is C10H14O. The monoisotopic (exact) mass is 150 g/mol. The Kier molecular flexibility index (Phi) is 1.14. The number of carbonyl (C=O) groups is 1. The first kappa shape index (κ1) is 7.08. The van der Waals surface area contributed by atoms with Gasteiger partial charge in [0.15, 0.2) is 5.78 Å². The smallest absolute Gasteiger partial charge is 0.162 e. The molecule has 2 aliphatic carbocycles. The Morgan fingerprint density at radius 2 is 2.18 bits per heavy atom. The van der Waals surface area contributed by atoms with Gasteiger partial charge in [-0.1, -0.05) is 19.9 Å². The van der Waals surface area contributed by atoms with Crippen molar-refractivity contribution in [3.05, 3.63) is 11.6 Å². The van der Waals surface area contributed by atoms with Gasteiger partial charge in [-0.25, -0.2) is 0 Å². The van der Waals surface area contributed by atoms with E-state index < -0.39 is 0 Å². The van der Waals surface area contributed by atoms with Crippen LogP contribution in [0.4, 0.5) is 0 Å². The van der Waals surface area contributed by atoms with E-state index in [4.69, 9.17) is 0 Å². The second-order valence-corrected chi connectivity index (χ2v) is 4.39. The maximum Gasteiger partial charge on any atom is 0.162 e. The molecule has 2 unspecified atom stereocenters. The Morgan fingerprint density at radius 1 is 1.55 bits per heavy atom. The Bertz CT molecular complexity index is 248. The minimum absolute atomic E-state index is 0.297. The molecule has 0 radical (unpaired) electrons. The molecule has 2 aliphatic rings. The quantitative estimate of drug-likeness (QED) is 0.517.